The standard InChI is InChI=1S/C15H15N3O2/c1-15(19)6-7-18(8-15)14-13-12(16-9-17-14)10-4-2-3-5-11(10)20-13/h2-5,9,19H,6-8H2,1H3. The van der Waals surface area contributed by atoms with Crippen molar-refractivity contribution >= 4 is 27.9 Å². The van der Waals surface area contributed by atoms with Crippen molar-refractivity contribution in [1.82, 2.24) is 9.97 Å². The lowest BCUT2D eigenvalue weighted by Crippen LogP contribution is -2.30. The molecule has 0 radical (unpaired) electrons. The number of fused-ring (bicyclic) bond motifs is 3. The predicted molar refractivity (Wildman–Crippen MR) is 76.8 cm³/mol. The van der Waals surface area contributed by atoms with Crippen molar-refractivity contribution in [3.8, 4) is 0 Å². The summed E-state index contributed by atoms with van der Waals surface area (Å²) >= 11 is 0. The maximum Gasteiger partial charge on any atom is 0.196 e. The number of nitrogens with zero attached hydrogens (tertiary/aromatic N) is 3. The minimum Gasteiger partial charge on any atom is -0.450 e. The van der Waals surface area contributed by atoms with E-state index < -0.39 is 5.60 Å². The van der Waals surface area contributed by atoms with Crippen LogP contribution in [0.1, 0.15) is 13.3 Å². The fraction of sp³-hybridized carbons (Fsp3) is 0.333. The molecule has 1 aliphatic rings. The third-order valence-corrected chi connectivity index (χ3v) is 3.89. The summed E-state index contributed by atoms with van der Waals surface area (Å²) < 4.78 is 5.92. The fourth-order valence-electron chi connectivity index (χ4n) is 2.86. The van der Waals surface area contributed by atoms with Gasteiger partial charge in [0, 0.05) is 18.5 Å². The third kappa shape index (κ3) is 1.67. The van der Waals surface area contributed by atoms with Gasteiger partial charge in [-0.1, -0.05) is 12.1 Å². The first kappa shape index (κ1) is 11.7. The highest BCUT2D eigenvalue weighted by atomic mass is 16.3. The van der Waals surface area contributed by atoms with Gasteiger partial charge < -0.3 is 14.4 Å². The van der Waals surface area contributed by atoms with Crippen LogP contribution in [0, 0.1) is 0 Å². The lowest BCUT2D eigenvalue weighted by Gasteiger charge is -2.19. The van der Waals surface area contributed by atoms with Gasteiger partial charge in [-0.25, -0.2) is 9.97 Å². The third-order valence-electron chi connectivity index (χ3n) is 3.89. The molecule has 0 spiro atoms. The van der Waals surface area contributed by atoms with Crippen molar-refractivity contribution in [2.24, 2.45) is 0 Å². The van der Waals surface area contributed by atoms with Crippen LogP contribution in [-0.2, 0) is 0 Å². The Bertz CT molecular complexity index is 794. The average molecular weight is 269 g/mol. The number of aliphatic hydroxyl groups is 1. The van der Waals surface area contributed by atoms with E-state index in [4.69, 9.17) is 4.42 Å². The van der Waals surface area contributed by atoms with Crippen molar-refractivity contribution in [3.63, 3.8) is 0 Å². The van der Waals surface area contributed by atoms with E-state index in [2.05, 4.69) is 14.9 Å². The van der Waals surface area contributed by atoms with E-state index in [1.54, 1.807) is 6.33 Å². The number of furan rings is 1. The van der Waals surface area contributed by atoms with E-state index in [-0.39, 0.29) is 0 Å². The lowest BCUT2D eigenvalue weighted by molar-refractivity contribution is 0.0839. The van der Waals surface area contributed by atoms with Crippen molar-refractivity contribution < 1.29 is 9.52 Å². The number of benzene rings is 1. The van der Waals surface area contributed by atoms with Crippen molar-refractivity contribution in [2.45, 2.75) is 18.9 Å². The summed E-state index contributed by atoms with van der Waals surface area (Å²) in [6.07, 6.45) is 2.30. The van der Waals surface area contributed by atoms with Gasteiger partial charge in [0.1, 0.15) is 17.4 Å². The van der Waals surface area contributed by atoms with E-state index >= 15 is 0 Å². The number of para-hydroxylation sites is 1. The van der Waals surface area contributed by atoms with Gasteiger partial charge in [0.2, 0.25) is 0 Å². The number of anilines is 1. The molecule has 5 nitrogen and oxygen atoms in total. The highest BCUT2D eigenvalue weighted by Gasteiger charge is 2.33. The molecular formula is C15H15N3O2. The molecule has 102 valence electrons. The van der Waals surface area contributed by atoms with Crippen LogP contribution in [0.5, 0.6) is 0 Å². The molecule has 1 fully saturated rings. The van der Waals surface area contributed by atoms with Crippen LogP contribution < -0.4 is 4.90 Å². The second-order valence-electron chi connectivity index (χ2n) is 5.64. The molecule has 0 aliphatic carbocycles. The lowest BCUT2D eigenvalue weighted by atomic mass is 10.1. The Labute approximate surface area is 115 Å². The monoisotopic (exact) mass is 269 g/mol. The summed E-state index contributed by atoms with van der Waals surface area (Å²) in [6, 6.07) is 7.84. The number of β-amino-alcohol motifs (C(OH)–C–C–N with tert-alkyl or cyclic N) is 1. The minimum absolute atomic E-state index is 0.566. The molecule has 1 saturated heterocycles. The van der Waals surface area contributed by atoms with Crippen LogP contribution >= 0.6 is 0 Å². The Kier molecular flexibility index (Phi) is 2.29. The molecule has 1 aliphatic heterocycles. The van der Waals surface area contributed by atoms with E-state index in [9.17, 15) is 5.11 Å². The Morgan fingerprint density at radius 2 is 2.15 bits per heavy atom. The summed E-state index contributed by atoms with van der Waals surface area (Å²) in [6.45, 7) is 3.19. The molecule has 4 rings (SSSR count). The summed E-state index contributed by atoms with van der Waals surface area (Å²) in [4.78, 5) is 10.8. The van der Waals surface area contributed by atoms with Gasteiger partial charge in [-0.2, -0.15) is 0 Å². The first-order valence-corrected chi connectivity index (χ1v) is 6.74. The molecule has 3 aromatic rings. The summed E-state index contributed by atoms with van der Waals surface area (Å²) in [7, 11) is 0. The zero-order chi connectivity index (χ0) is 13.7. The van der Waals surface area contributed by atoms with Crippen molar-refractivity contribution in [3.05, 3.63) is 30.6 Å². The van der Waals surface area contributed by atoms with E-state index in [1.807, 2.05) is 31.2 Å². The topological polar surface area (TPSA) is 62.4 Å². The molecule has 20 heavy (non-hydrogen) atoms. The van der Waals surface area contributed by atoms with Gasteiger partial charge in [0.05, 0.1) is 5.60 Å². The molecule has 2 aromatic heterocycles. The second-order valence-corrected chi connectivity index (χ2v) is 5.64. The highest BCUT2D eigenvalue weighted by molar-refractivity contribution is 6.05. The summed E-state index contributed by atoms with van der Waals surface area (Å²) in [5.41, 5.74) is 1.68. The first-order chi connectivity index (χ1) is 9.64. The van der Waals surface area contributed by atoms with Crippen LogP contribution in [0.3, 0.4) is 0 Å². The summed E-state index contributed by atoms with van der Waals surface area (Å²) in [5, 5.41) is 11.1. The van der Waals surface area contributed by atoms with E-state index in [0.29, 0.717) is 12.1 Å². The quantitative estimate of drug-likeness (QED) is 0.734. The van der Waals surface area contributed by atoms with E-state index in [0.717, 1.165) is 35.3 Å². The summed E-state index contributed by atoms with van der Waals surface area (Å²) in [5.74, 6) is 0.768. The highest BCUT2D eigenvalue weighted by Crippen LogP contribution is 2.34. The molecule has 1 aromatic carbocycles. The Morgan fingerprint density at radius 3 is 2.95 bits per heavy atom. The average Bonchev–Trinajstić information content (AvgIpc) is 2.98. The molecule has 1 N–H and O–H groups in total. The van der Waals surface area contributed by atoms with Gasteiger partial charge in [-0.3, -0.25) is 0 Å². The second kappa shape index (κ2) is 3.93. The van der Waals surface area contributed by atoms with Crippen LogP contribution in [0.15, 0.2) is 35.0 Å². The Balaban J connectivity index is 1.92. The molecule has 5 heteroatoms. The molecule has 0 amide bonds. The van der Waals surface area contributed by atoms with Gasteiger partial charge >= 0.3 is 0 Å². The first-order valence-electron chi connectivity index (χ1n) is 6.74. The van der Waals surface area contributed by atoms with Crippen molar-refractivity contribution in [1.29, 1.82) is 0 Å². The number of aromatic nitrogens is 2. The maximum atomic E-state index is 10.1. The van der Waals surface area contributed by atoms with E-state index in [1.165, 1.54) is 0 Å². The SMILES string of the molecule is CC1(O)CCN(c2ncnc3c2oc2ccccc23)C1. The molecular weight excluding hydrogens is 254 g/mol. The predicted octanol–water partition coefficient (Wildman–Crippen LogP) is 2.34. The molecule has 1 unspecified atom stereocenters. The molecule has 0 bridgehead atoms. The van der Waals surface area contributed by atoms with Crippen LogP contribution in [-0.4, -0.2) is 33.8 Å². The molecule has 0 saturated carbocycles. The van der Waals surface area contributed by atoms with Gasteiger partial charge in [0.25, 0.3) is 0 Å². The van der Waals surface area contributed by atoms with Gasteiger partial charge in [0.15, 0.2) is 11.4 Å². The van der Waals surface area contributed by atoms with Crippen LogP contribution in [0.25, 0.3) is 22.1 Å². The van der Waals surface area contributed by atoms with Crippen molar-refractivity contribution in [2.75, 3.05) is 18.0 Å². The maximum absolute atomic E-state index is 10.1. The van der Waals surface area contributed by atoms with Gasteiger partial charge in [-0.05, 0) is 25.5 Å². The number of hydrogen-bond acceptors (Lipinski definition) is 5. The molecule has 1 atom stereocenters. The number of hydrogen-bond donors (Lipinski definition) is 1. The zero-order valence-electron chi connectivity index (χ0n) is 11.2. The Morgan fingerprint density at radius 1 is 1.30 bits per heavy atom. The van der Waals surface area contributed by atoms with Gasteiger partial charge in [-0.15, -0.1) is 0 Å². The number of rotatable bonds is 1. The largest absolute Gasteiger partial charge is 0.450 e. The smallest absolute Gasteiger partial charge is 0.196 e. The van der Waals surface area contributed by atoms with Crippen LogP contribution in [0.2, 0.25) is 0 Å². The Hall–Kier alpha value is -2.14. The fourth-order valence-corrected chi connectivity index (χ4v) is 2.86. The van der Waals surface area contributed by atoms with Crippen LogP contribution in [0.4, 0.5) is 5.82 Å². The minimum atomic E-state index is -0.663. The normalized spacial score (nSPS) is 23.0. The molecule has 3 heterocycles. The zero-order valence-corrected chi connectivity index (χ0v) is 11.2.